The lowest BCUT2D eigenvalue weighted by Gasteiger charge is -2.09. The van der Waals surface area contributed by atoms with Crippen LogP contribution in [0.25, 0.3) is 5.52 Å². The highest BCUT2D eigenvalue weighted by Crippen LogP contribution is 2.35. The van der Waals surface area contributed by atoms with Crippen molar-refractivity contribution >= 4 is 37.3 Å². The maximum Gasteiger partial charge on any atom is 0.289 e. The fraction of sp³-hybridized carbons (Fsp3) is 0.304. The molecule has 33 heavy (non-hydrogen) atoms. The molecule has 1 aromatic carbocycles. The van der Waals surface area contributed by atoms with Gasteiger partial charge in [-0.2, -0.15) is 5.10 Å². The number of aromatic nitrogens is 1. The highest BCUT2D eigenvalue weighted by molar-refractivity contribution is 7.94. The fourth-order valence-electron chi connectivity index (χ4n) is 3.70. The molecule has 1 amide bonds. The largest absolute Gasteiger partial charge is 0.310 e. The number of carbonyl (C=O) groups is 1. The van der Waals surface area contributed by atoms with Crippen molar-refractivity contribution in [3.8, 4) is 0 Å². The molecule has 0 aliphatic rings. The Morgan fingerprint density at radius 1 is 0.939 bits per heavy atom. The van der Waals surface area contributed by atoms with Crippen molar-refractivity contribution in [3.63, 3.8) is 0 Å². The normalized spacial score (nSPS) is 12.5. The van der Waals surface area contributed by atoms with E-state index in [-0.39, 0.29) is 34.0 Å². The van der Waals surface area contributed by atoms with E-state index >= 15 is 0 Å². The molecule has 1 N–H and O–H groups in total. The lowest BCUT2D eigenvalue weighted by molar-refractivity contribution is 0.0945. The molecular weight excluding hydrogens is 462 g/mol. The van der Waals surface area contributed by atoms with Gasteiger partial charge in [0.2, 0.25) is 0 Å². The highest BCUT2D eigenvalue weighted by atomic mass is 32.2. The van der Waals surface area contributed by atoms with E-state index < -0.39 is 30.5 Å². The molecule has 0 atom stereocenters. The van der Waals surface area contributed by atoms with Gasteiger partial charge in [-0.15, -0.1) is 0 Å². The van der Waals surface area contributed by atoms with Crippen molar-refractivity contribution in [2.75, 3.05) is 11.5 Å². The minimum Gasteiger partial charge on any atom is -0.310 e. The van der Waals surface area contributed by atoms with Gasteiger partial charge in [0.05, 0.1) is 23.2 Å². The summed E-state index contributed by atoms with van der Waals surface area (Å²) in [5, 5.41) is 3.94. The van der Waals surface area contributed by atoms with Crippen molar-refractivity contribution in [1.82, 2.24) is 9.83 Å². The van der Waals surface area contributed by atoms with Crippen LogP contribution >= 0.6 is 0 Å². The van der Waals surface area contributed by atoms with Crippen LogP contribution in [-0.2, 0) is 19.7 Å². The lowest BCUT2D eigenvalue weighted by Crippen LogP contribution is -2.23. The predicted molar refractivity (Wildman–Crippen MR) is 128 cm³/mol. The standard InChI is InChI=1S/C23H27N3O5S2/c1-4-14-32(28,29)21-19-17(3)10-9-13-26(19)20(22(21)33(30,31)15-5-2)23(27)25-24-16-18-11-7-6-8-12-18/h6-13,16H,4-5,14-15H2,1-3H3,(H,25,27)/b24-16-. The van der Waals surface area contributed by atoms with E-state index in [1.807, 2.05) is 18.2 Å². The van der Waals surface area contributed by atoms with Crippen LogP contribution in [0.2, 0.25) is 0 Å². The van der Waals surface area contributed by atoms with Crippen LogP contribution in [0, 0.1) is 6.92 Å². The number of rotatable bonds is 9. The van der Waals surface area contributed by atoms with Gasteiger partial charge in [-0.1, -0.05) is 50.2 Å². The zero-order chi connectivity index (χ0) is 24.2. The number of nitrogens with zero attached hydrogens (tertiary/aromatic N) is 2. The third-order valence-electron chi connectivity index (χ3n) is 5.04. The van der Waals surface area contributed by atoms with E-state index in [1.54, 1.807) is 45.0 Å². The highest BCUT2D eigenvalue weighted by Gasteiger charge is 2.37. The van der Waals surface area contributed by atoms with Crippen LogP contribution in [0.4, 0.5) is 0 Å². The number of sulfone groups is 2. The minimum absolute atomic E-state index is 0.192. The van der Waals surface area contributed by atoms with Gasteiger partial charge in [0.1, 0.15) is 15.5 Å². The van der Waals surface area contributed by atoms with Crippen LogP contribution in [0.15, 0.2) is 63.6 Å². The van der Waals surface area contributed by atoms with Crippen molar-refractivity contribution in [2.45, 2.75) is 43.4 Å². The van der Waals surface area contributed by atoms with E-state index in [0.717, 1.165) is 5.56 Å². The molecule has 0 saturated heterocycles. The van der Waals surface area contributed by atoms with E-state index in [4.69, 9.17) is 0 Å². The lowest BCUT2D eigenvalue weighted by atomic mass is 10.2. The van der Waals surface area contributed by atoms with Gasteiger partial charge in [0, 0.05) is 6.20 Å². The minimum atomic E-state index is -4.09. The van der Waals surface area contributed by atoms with Crippen molar-refractivity contribution in [3.05, 3.63) is 65.5 Å². The summed E-state index contributed by atoms with van der Waals surface area (Å²) in [6.45, 7) is 5.07. The fourth-order valence-corrected chi connectivity index (χ4v) is 7.75. The van der Waals surface area contributed by atoms with Gasteiger partial charge in [-0.3, -0.25) is 4.79 Å². The number of hydrazone groups is 1. The average Bonchev–Trinajstić information content (AvgIpc) is 3.13. The SMILES string of the molecule is CCCS(=O)(=O)c1c(S(=O)(=O)CCC)c2c(C)cccn2c1C(=O)N/N=C\c1ccccc1. The third kappa shape index (κ3) is 5.01. The third-order valence-corrected chi connectivity index (χ3v) is 9.09. The van der Waals surface area contributed by atoms with Crippen LogP contribution in [0.3, 0.4) is 0 Å². The molecule has 0 spiro atoms. The smallest absolute Gasteiger partial charge is 0.289 e. The summed E-state index contributed by atoms with van der Waals surface area (Å²) in [7, 11) is -8.07. The molecule has 0 aliphatic heterocycles. The second-order valence-corrected chi connectivity index (χ2v) is 11.8. The Morgan fingerprint density at radius 2 is 1.55 bits per heavy atom. The predicted octanol–water partition coefficient (Wildman–Crippen LogP) is 3.38. The Kier molecular flexibility index (Phi) is 7.38. The molecule has 0 saturated carbocycles. The van der Waals surface area contributed by atoms with E-state index in [0.29, 0.717) is 12.0 Å². The Morgan fingerprint density at radius 3 is 2.15 bits per heavy atom. The summed E-state index contributed by atoms with van der Waals surface area (Å²) in [6.07, 6.45) is 3.50. The van der Waals surface area contributed by atoms with Crippen LogP contribution in [0.5, 0.6) is 0 Å². The molecule has 10 heteroatoms. The first kappa shape index (κ1) is 24.7. The molecule has 176 valence electrons. The summed E-state index contributed by atoms with van der Waals surface area (Å²) in [5.41, 5.74) is 3.57. The number of carbonyl (C=O) groups excluding carboxylic acids is 1. The van der Waals surface area contributed by atoms with Gasteiger partial charge in [-0.05, 0) is 37.0 Å². The first-order chi connectivity index (χ1) is 15.6. The van der Waals surface area contributed by atoms with Gasteiger partial charge < -0.3 is 4.40 Å². The molecule has 0 aliphatic carbocycles. The second-order valence-electron chi connectivity index (χ2n) is 7.66. The second kappa shape index (κ2) is 9.88. The molecule has 0 fully saturated rings. The first-order valence-electron chi connectivity index (χ1n) is 10.6. The Labute approximate surface area is 194 Å². The molecule has 2 heterocycles. The summed E-state index contributed by atoms with van der Waals surface area (Å²) in [6, 6.07) is 12.4. The summed E-state index contributed by atoms with van der Waals surface area (Å²) < 4.78 is 54.5. The molecule has 2 aromatic heterocycles. The number of hydrogen-bond acceptors (Lipinski definition) is 6. The van der Waals surface area contributed by atoms with Crippen LogP contribution < -0.4 is 5.43 Å². The summed E-state index contributed by atoms with van der Waals surface area (Å²) in [5.74, 6) is -1.33. The first-order valence-corrected chi connectivity index (χ1v) is 13.9. The van der Waals surface area contributed by atoms with E-state index in [2.05, 4.69) is 10.5 Å². The van der Waals surface area contributed by atoms with Crippen molar-refractivity contribution < 1.29 is 21.6 Å². The molecule has 3 rings (SSSR count). The number of amides is 1. The zero-order valence-corrected chi connectivity index (χ0v) is 20.4. The zero-order valence-electron chi connectivity index (χ0n) is 18.8. The number of pyridine rings is 1. The number of fused-ring (bicyclic) bond motifs is 1. The van der Waals surface area contributed by atoms with E-state index in [1.165, 1.54) is 16.8 Å². The molecular formula is C23H27N3O5S2. The summed E-state index contributed by atoms with van der Waals surface area (Å²) in [4.78, 5) is 12.5. The quantitative estimate of drug-likeness (QED) is 0.366. The Balaban J connectivity index is 2.29. The van der Waals surface area contributed by atoms with Crippen LogP contribution in [0.1, 0.15) is 48.3 Å². The van der Waals surface area contributed by atoms with E-state index in [9.17, 15) is 21.6 Å². The summed E-state index contributed by atoms with van der Waals surface area (Å²) >= 11 is 0. The Bertz CT molecular complexity index is 1410. The number of benzene rings is 1. The van der Waals surface area contributed by atoms with Gasteiger partial charge in [0.15, 0.2) is 19.7 Å². The van der Waals surface area contributed by atoms with Crippen molar-refractivity contribution in [2.24, 2.45) is 5.10 Å². The molecule has 0 unspecified atom stereocenters. The molecule has 0 bridgehead atoms. The van der Waals surface area contributed by atoms with Crippen LogP contribution in [-0.4, -0.2) is 44.9 Å². The molecule has 8 nitrogen and oxygen atoms in total. The molecule has 0 radical (unpaired) electrons. The number of hydrogen-bond donors (Lipinski definition) is 1. The molecule has 3 aromatic rings. The number of nitrogens with one attached hydrogen (secondary N) is 1. The maximum absolute atomic E-state index is 13.3. The van der Waals surface area contributed by atoms with Gasteiger partial charge in [0.25, 0.3) is 5.91 Å². The van der Waals surface area contributed by atoms with Gasteiger partial charge in [-0.25, -0.2) is 22.3 Å². The average molecular weight is 490 g/mol. The Hall–Kier alpha value is -2.98. The monoisotopic (exact) mass is 489 g/mol. The maximum atomic E-state index is 13.3. The van der Waals surface area contributed by atoms with Gasteiger partial charge >= 0.3 is 0 Å². The van der Waals surface area contributed by atoms with Crippen molar-refractivity contribution in [1.29, 1.82) is 0 Å². The number of aryl methyl sites for hydroxylation is 1. The topological polar surface area (TPSA) is 114 Å².